The Bertz CT molecular complexity index is 1390. The minimum absolute atomic E-state index is 0.233. The fourth-order valence-electron chi connectivity index (χ4n) is 11.5. The van der Waals surface area contributed by atoms with E-state index in [0.29, 0.717) is 6.42 Å². The fraction of sp³-hybridized carbons (Fsp3) is 0.955. The van der Waals surface area contributed by atoms with Crippen molar-refractivity contribution in [3.8, 4) is 0 Å². The van der Waals surface area contributed by atoms with Crippen LogP contribution in [0.25, 0.3) is 0 Å². The number of allylic oxidation sites excluding steroid dienone is 1. The van der Waals surface area contributed by atoms with E-state index in [1.807, 2.05) is 6.08 Å². The Morgan fingerprint density at radius 2 is 0.775 bits per heavy atom. The molecule has 0 bridgehead atoms. The molecule has 0 aromatic rings. The third-order valence-electron chi connectivity index (χ3n) is 17.0. The lowest BCUT2D eigenvalue weighted by Gasteiger charge is -2.46. The van der Waals surface area contributed by atoms with E-state index in [2.05, 4.69) is 19.2 Å². The van der Waals surface area contributed by atoms with Crippen molar-refractivity contribution in [2.24, 2.45) is 0 Å². The molecule has 9 N–H and O–H groups in total. The molecule has 0 aromatic heterocycles. The van der Waals surface area contributed by atoms with E-state index >= 15 is 0 Å². The van der Waals surface area contributed by atoms with Gasteiger partial charge in [0.25, 0.3) is 0 Å². The van der Waals surface area contributed by atoms with Gasteiger partial charge in [0.05, 0.1) is 32.0 Å². The smallest absolute Gasteiger partial charge is 0.220 e. The van der Waals surface area contributed by atoms with Crippen molar-refractivity contribution in [2.45, 2.75) is 383 Å². The Labute approximate surface area is 488 Å². The summed E-state index contributed by atoms with van der Waals surface area (Å²) in [6.07, 6.45) is 45.8. The molecule has 0 aromatic carbocycles. The van der Waals surface area contributed by atoms with Crippen LogP contribution in [-0.2, 0) is 23.7 Å². The van der Waals surface area contributed by atoms with E-state index in [4.69, 9.17) is 18.9 Å². The number of unbranched alkanes of at least 4 members (excludes halogenated alkanes) is 43. The largest absolute Gasteiger partial charge is 0.394 e. The van der Waals surface area contributed by atoms with Crippen LogP contribution in [0.3, 0.4) is 0 Å². The fourth-order valence-corrected chi connectivity index (χ4v) is 11.5. The van der Waals surface area contributed by atoms with Crippen molar-refractivity contribution in [3.05, 3.63) is 12.2 Å². The zero-order valence-corrected chi connectivity index (χ0v) is 51.4. The van der Waals surface area contributed by atoms with Crippen LogP contribution in [0.4, 0.5) is 0 Å². The molecule has 0 spiro atoms. The van der Waals surface area contributed by atoms with Gasteiger partial charge in [0.1, 0.15) is 48.8 Å². The molecule has 2 fully saturated rings. The molecule has 2 aliphatic rings. The van der Waals surface area contributed by atoms with Gasteiger partial charge in [-0.25, -0.2) is 0 Å². The van der Waals surface area contributed by atoms with Gasteiger partial charge < -0.3 is 65.1 Å². The zero-order chi connectivity index (χ0) is 58.1. The summed E-state index contributed by atoms with van der Waals surface area (Å²) in [6.45, 7) is 2.83. The van der Waals surface area contributed by atoms with Gasteiger partial charge >= 0.3 is 0 Å². The predicted octanol–water partition coefficient (Wildman–Crippen LogP) is 13.0. The molecular formula is C66H127NO13. The molecule has 2 saturated heterocycles. The maximum Gasteiger partial charge on any atom is 0.220 e. The quantitative estimate of drug-likeness (QED) is 0.0204. The van der Waals surface area contributed by atoms with Crippen molar-refractivity contribution >= 4 is 5.91 Å². The topological polar surface area (TPSA) is 228 Å². The number of amides is 1. The molecule has 0 aliphatic carbocycles. The highest BCUT2D eigenvalue weighted by atomic mass is 16.7. The second kappa shape index (κ2) is 52.1. The average Bonchev–Trinajstić information content (AvgIpc) is 3.49. The van der Waals surface area contributed by atoms with Crippen LogP contribution in [0.2, 0.25) is 0 Å². The third kappa shape index (κ3) is 36.5. The van der Waals surface area contributed by atoms with Gasteiger partial charge in [-0.2, -0.15) is 0 Å². The Balaban J connectivity index is 1.60. The minimum atomic E-state index is -1.79. The molecule has 0 radical (unpaired) electrons. The first-order chi connectivity index (χ1) is 39.1. The van der Waals surface area contributed by atoms with Crippen molar-refractivity contribution in [2.75, 3.05) is 19.8 Å². The van der Waals surface area contributed by atoms with Crippen LogP contribution in [0.15, 0.2) is 12.2 Å². The first-order valence-corrected chi connectivity index (χ1v) is 33.9. The molecule has 2 aliphatic heterocycles. The van der Waals surface area contributed by atoms with E-state index in [0.717, 1.165) is 38.5 Å². The normalized spacial score (nSPS) is 24.2. The summed E-state index contributed by atoms with van der Waals surface area (Å²) in [7, 11) is 0. The number of hydrogen-bond donors (Lipinski definition) is 9. The van der Waals surface area contributed by atoms with Crippen molar-refractivity contribution in [3.63, 3.8) is 0 Å². The van der Waals surface area contributed by atoms with Gasteiger partial charge in [-0.15, -0.1) is 0 Å². The molecule has 0 saturated carbocycles. The standard InChI is InChI=1S/C66H127NO13/c1-3-5-7-9-11-13-15-17-18-19-20-21-22-23-24-25-26-27-28-29-30-31-32-33-34-35-36-38-40-42-44-46-48-50-58(71)67-54(55(70)49-47-45-43-41-39-37-16-14-12-10-8-6-4-2)53-77-65-63(76)61(74)64(57(52-69)79-65)80-66-62(75)60(73)59(72)56(51-68)78-66/h47,49,54-57,59-66,68-70,72-76H,3-46,48,50-53H2,1-2H3,(H,67,71)/b49-47+/t54-,55+,56+,57+,59-,60?,61?,62?,63?,64+,65+,66-/m0/s1. The van der Waals surface area contributed by atoms with Crippen LogP contribution >= 0.6 is 0 Å². The molecule has 474 valence electrons. The predicted molar refractivity (Wildman–Crippen MR) is 323 cm³/mol. The minimum Gasteiger partial charge on any atom is -0.394 e. The van der Waals surface area contributed by atoms with Gasteiger partial charge in [0.2, 0.25) is 5.91 Å². The molecule has 2 heterocycles. The number of aliphatic hydroxyl groups excluding tert-OH is 8. The number of hydrogen-bond acceptors (Lipinski definition) is 13. The SMILES string of the molecule is CCCCCCCCCCCCC/C=C/[C@@H](O)[C@H](CO[C@@H]1O[C@H](CO)[C@@H](O[C@@H]2O[C@H](CO)[C@H](O)C(O)C2O)C(O)C1O)NC(=O)CCCCCCCCCCCCCCCCCCCCCCCCCCCCCCCCCCC. The summed E-state index contributed by atoms with van der Waals surface area (Å²) < 4.78 is 22.8. The van der Waals surface area contributed by atoms with Gasteiger partial charge in [-0.05, 0) is 19.3 Å². The maximum atomic E-state index is 13.3. The summed E-state index contributed by atoms with van der Waals surface area (Å²) in [5, 5.41) is 87.1. The summed E-state index contributed by atoms with van der Waals surface area (Å²) in [5.74, 6) is -0.233. The molecule has 4 unspecified atom stereocenters. The number of rotatable bonds is 56. The summed E-state index contributed by atoms with van der Waals surface area (Å²) in [5.41, 5.74) is 0. The number of nitrogens with one attached hydrogen (secondary N) is 1. The molecule has 14 nitrogen and oxygen atoms in total. The van der Waals surface area contributed by atoms with Crippen molar-refractivity contribution in [1.29, 1.82) is 0 Å². The summed E-state index contributed by atoms with van der Waals surface area (Å²) >= 11 is 0. The Hall–Kier alpha value is -1.27. The molecule has 12 atom stereocenters. The summed E-state index contributed by atoms with van der Waals surface area (Å²) in [4.78, 5) is 13.3. The number of carbonyl (C=O) groups excluding carboxylic acids is 1. The van der Waals surface area contributed by atoms with Crippen LogP contribution in [-0.4, -0.2) is 140 Å². The highest BCUT2D eigenvalue weighted by Crippen LogP contribution is 2.30. The van der Waals surface area contributed by atoms with Gasteiger partial charge in [0, 0.05) is 6.42 Å². The zero-order valence-electron chi connectivity index (χ0n) is 51.4. The molecular weight excluding hydrogens is 1010 g/mol. The van der Waals surface area contributed by atoms with Crippen LogP contribution in [0, 0.1) is 0 Å². The van der Waals surface area contributed by atoms with Gasteiger partial charge in [0.15, 0.2) is 12.6 Å². The molecule has 1 amide bonds. The van der Waals surface area contributed by atoms with E-state index < -0.39 is 86.8 Å². The summed E-state index contributed by atoms with van der Waals surface area (Å²) in [6, 6.07) is -0.909. The first-order valence-electron chi connectivity index (χ1n) is 33.9. The van der Waals surface area contributed by atoms with Crippen molar-refractivity contribution < 1.29 is 64.6 Å². The Morgan fingerprint density at radius 1 is 0.438 bits per heavy atom. The molecule has 2 rings (SSSR count). The average molecular weight is 1140 g/mol. The Morgan fingerprint density at radius 3 is 1.15 bits per heavy atom. The van der Waals surface area contributed by atoms with E-state index in [9.17, 15) is 45.6 Å². The second-order valence-electron chi connectivity index (χ2n) is 24.3. The number of aliphatic hydroxyl groups is 8. The van der Waals surface area contributed by atoms with Crippen LogP contribution in [0.5, 0.6) is 0 Å². The molecule has 80 heavy (non-hydrogen) atoms. The monoisotopic (exact) mass is 1140 g/mol. The van der Waals surface area contributed by atoms with Crippen molar-refractivity contribution in [1.82, 2.24) is 5.32 Å². The van der Waals surface area contributed by atoms with Gasteiger partial charge in [-0.3, -0.25) is 4.79 Å². The lowest BCUT2D eigenvalue weighted by Crippen LogP contribution is -2.65. The van der Waals surface area contributed by atoms with E-state index in [-0.39, 0.29) is 18.9 Å². The highest BCUT2D eigenvalue weighted by Gasteiger charge is 2.51. The molecule has 14 heteroatoms. The number of ether oxygens (including phenoxy) is 4. The highest BCUT2D eigenvalue weighted by molar-refractivity contribution is 5.76. The third-order valence-corrected chi connectivity index (χ3v) is 17.0. The first kappa shape index (κ1) is 74.8. The van der Waals surface area contributed by atoms with E-state index in [1.54, 1.807) is 6.08 Å². The Kier molecular flexibility index (Phi) is 48.7. The van der Waals surface area contributed by atoms with E-state index in [1.165, 1.54) is 244 Å². The lowest BCUT2D eigenvalue weighted by atomic mass is 9.97. The van der Waals surface area contributed by atoms with Crippen LogP contribution in [0.1, 0.15) is 309 Å². The lowest BCUT2D eigenvalue weighted by molar-refractivity contribution is -0.359. The second-order valence-corrected chi connectivity index (χ2v) is 24.3. The maximum absolute atomic E-state index is 13.3. The van der Waals surface area contributed by atoms with Crippen LogP contribution < -0.4 is 5.32 Å². The number of carbonyl (C=O) groups is 1. The van der Waals surface area contributed by atoms with Gasteiger partial charge in [-0.1, -0.05) is 296 Å².